The second-order valence-electron chi connectivity index (χ2n) is 7.01. The van der Waals surface area contributed by atoms with Gasteiger partial charge in [0, 0.05) is 25.2 Å². The number of rotatable bonds is 6. The number of hydrogen-bond donors (Lipinski definition) is 1. The number of methoxy groups -OCH3 is 1. The average molecular weight is 318 g/mol. The highest BCUT2D eigenvalue weighted by molar-refractivity contribution is 5.29. The standard InChI is InChI=1S/C19H30N2O2/c1-14(16-6-8-18(22-3)9-7-16)15(2)20-11-19-12-21-10-4-5-17(21)13-23-19/h6-9,14-15,17,19-20H,4-5,10-13H2,1-3H3. The molecule has 1 aromatic rings. The van der Waals surface area contributed by atoms with E-state index in [2.05, 4.69) is 36.2 Å². The number of nitrogens with zero attached hydrogens (tertiary/aromatic N) is 1. The summed E-state index contributed by atoms with van der Waals surface area (Å²) < 4.78 is 11.3. The third-order valence-corrected chi connectivity index (χ3v) is 5.52. The fourth-order valence-corrected chi connectivity index (χ4v) is 3.70. The van der Waals surface area contributed by atoms with Gasteiger partial charge in [-0.2, -0.15) is 0 Å². The van der Waals surface area contributed by atoms with Crippen molar-refractivity contribution in [2.24, 2.45) is 0 Å². The lowest BCUT2D eigenvalue weighted by Gasteiger charge is -2.36. The van der Waals surface area contributed by atoms with Gasteiger partial charge in [0.25, 0.3) is 0 Å². The van der Waals surface area contributed by atoms with Gasteiger partial charge in [-0.05, 0) is 49.9 Å². The number of nitrogens with one attached hydrogen (secondary N) is 1. The van der Waals surface area contributed by atoms with E-state index in [0.29, 0.717) is 24.1 Å². The zero-order chi connectivity index (χ0) is 16.2. The molecule has 23 heavy (non-hydrogen) atoms. The van der Waals surface area contributed by atoms with E-state index in [1.54, 1.807) is 7.11 Å². The SMILES string of the molecule is COc1ccc(C(C)C(C)NCC2CN3CCCC3CO2)cc1. The van der Waals surface area contributed by atoms with Gasteiger partial charge in [0.05, 0.1) is 19.8 Å². The first-order chi connectivity index (χ1) is 11.2. The third-order valence-electron chi connectivity index (χ3n) is 5.52. The van der Waals surface area contributed by atoms with Gasteiger partial charge in [-0.15, -0.1) is 0 Å². The minimum atomic E-state index is 0.329. The van der Waals surface area contributed by atoms with Crippen LogP contribution in [0.3, 0.4) is 0 Å². The van der Waals surface area contributed by atoms with Crippen LogP contribution in [0.2, 0.25) is 0 Å². The van der Waals surface area contributed by atoms with Crippen molar-refractivity contribution in [1.29, 1.82) is 0 Å². The second kappa shape index (κ2) is 7.65. The summed E-state index contributed by atoms with van der Waals surface area (Å²) in [6.07, 6.45) is 2.97. The van der Waals surface area contributed by atoms with Crippen molar-refractivity contribution >= 4 is 0 Å². The summed E-state index contributed by atoms with van der Waals surface area (Å²) >= 11 is 0. The lowest BCUT2D eigenvalue weighted by Crippen LogP contribution is -2.50. The Morgan fingerprint density at radius 3 is 2.83 bits per heavy atom. The number of ether oxygens (including phenoxy) is 2. The van der Waals surface area contributed by atoms with Gasteiger partial charge in [0.1, 0.15) is 5.75 Å². The summed E-state index contributed by atoms with van der Waals surface area (Å²) in [5.41, 5.74) is 1.34. The molecule has 0 bridgehead atoms. The molecule has 2 saturated heterocycles. The van der Waals surface area contributed by atoms with Crippen molar-refractivity contribution in [3.8, 4) is 5.75 Å². The Morgan fingerprint density at radius 1 is 1.30 bits per heavy atom. The molecule has 0 radical (unpaired) electrons. The summed E-state index contributed by atoms with van der Waals surface area (Å²) in [6.45, 7) is 8.72. The topological polar surface area (TPSA) is 33.7 Å². The number of morpholine rings is 1. The molecule has 2 aliphatic rings. The molecule has 1 aromatic carbocycles. The van der Waals surface area contributed by atoms with Crippen molar-refractivity contribution in [3.05, 3.63) is 29.8 Å². The minimum Gasteiger partial charge on any atom is -0.497 e. The van der Waals surface area contributed by atoms with Crippen LogP contribution in [0.15, 0.2) is 24.3 Å². The van der Waals surface area contributed by atoms with Crippen molar-refractivity contribution in [1.82, 2.24) is 10.2 Å². The Hall–Kier alpha value is -1.10. The maximum absolute atomic E-state index is 6.04. The molecule has 0 aromatic heterocycles. The van der Waals surface area contributed by atoms with Gasteiger partial charge in [-0.1, -0.05) is 19.1 Å². The molecule has 128 valence electrons. The number of fused-ring (bicyclic) bond motifs is 1. The number of benzene rings is 1. The normalized spacial score (nSPS) is 27.4. The maximum Gasteiger partial charge on any atom is 0.118 e. The minimum absolute atomic E-state index is 0.329. The van der Waals surface area contributed by atoms with Crippen LogP contribution in [0.1, 0.15) is 38.2 Å². The van der Waals surface area contributed by atoms with Gasteiger partial charge >= 0.3 is 0 Å². The summed E-state index contributed by atoms with van der Waals surface area (Å²) in [7, 11) is 1.71. The molecule has 0 spiro atoms. The Bertz CT molecular complexity index is 491. The molecule has 4 atom stereocenters. The van der Waals surface area contributed by atoms with Crippen LogP contribution in [-0.4, -0.2) is 56.4 Å². The molecule has 0 aliphatic carbocycles. The molecule has 2 fully saturated rings. The molecule has 2 heterocycles. The van der Waals surface area contributed by atoms with Crippen molar-refractivity contribution in [3.63, 3.8) is 0 Å². The van der Waals surface area contributed by atoms with E-state index in [1.807, 2.05) is 12.1 Å². The zero-order valence-corrected chi connectivity index (χ0v) is 14.6. The molecule has 4 nitrogen and oxygen atoms in total. The van der Waals surface area contributed by atoms with Crippen molar-refractivity contribution < 1.29 is 9.47 Å². The van der Waals surface area contributed by atoms with Gasteiger partial charge < -0.3 is 14.8 Å². The van der Waals surface area contributed by atoms with Crippen LogP contribution in [0.4, 0.5) is 0 Å². The Morgan fingerprint density at radius 2 is 2.09 bits per heavy atom. The summed E-state index contributed by atoms with van der Waals surface area (Å²) in [5.74, 6) is 1.38. The lowest BCUT2D eigenvalue weighted by atomic mass is 9.94. The second-order valence-corrected chi connectivity index (χ2v) is 7.01. The van der Waals surface area contributed by atoms with Crippen LogP contribution in [0.5, 0.6) is 5.75 Å². The van der Waals surface area contributed by atoms with Crippen LogP contribution in [0, 0.1) is 0 Å². The largest absolute Gasteiger partial charge is 0.497 e. The van der Waals surface area contributed by atoms with E-state index >= 15 is 0 Å². The van der Waals surface area contributed by atoms with E-state index in [0.717, 1.165) is 25.4 Å². The highest BCUT2D eigenvalue weighted by Gasteiger charge is 2.32. The highest BCUT2D eigenvalue weighted by atomic mass is 16.5. The lowest BCUT2D eigenvalue weighted by molar-refractivity contribution is -0.0478. The molecular weight excluding hydrogens is 288 g/mol. The van der Waals surface area contributed by atoms with E-state index in [1.165, 1.54) is 24.9 Å². The van der Waals surface area contributed by atoms with Gasteiger partial charge in [0.2, 0.25) is 0 Å². The van der Waals surface area contributed by atoms with E-state index in [-0.39, 0.29) is 0 Å². The zero-order valence-electron chi connectivity index (χ0n) is 14.6. The Balaban J connectivity index is 1.47. The first-order valence-electron chi connectivity index (χ1n) is 8.90. The quantitative estimate of drug-likeness (QED) is 0.874. The van der Waals surface area contributed by atoms with Gasteiger partial charge in [0.15, 0.2) is 0 Å². The van der Waals surface area contributed by atoms with Gasteiger partial charge in [-0.3, -0.25) is 4.90 Å². The van der Waals surface area contributed by atoms with Crippen molar-refractivity contribution in [2.75, 3.05) is 33.4 Å². The summed E-state index contributed by atoms with van der Waals surface area (Å²) in [5, 5.41) is 3.68. The van der Waals surface area contributed by atoms with E-state index in [4.69, 9.17) is 9.47 Å². The fraction of sp³-hybridized carbons (Fsp3) is 0.684. The predicted octanol–water partition coefficient (Wildman–Crippen LogP) is 2.64. The molecule has 3 rings (SSSR count). The van der Waals surface area contributed by atoms with E-state index < -0.39 is 0 Å². The molecule has 0 amide bonds. The Labute approximate surface area is 140 Å². The van der Waals surface area contributed by atoms with Gasteiger partial charge in [-0.25, -0.2) is 0 Å². The molecule has 4 heteroatoms. The van der Waals surface area contributed by atoms with Crippen LogP contribution < -0.4 is 10.1 Å². The maximum atomic E-state index is 6.04. The highest BCUT2D eigenvalue weighted by Crippen LogP contribution is 2.24. The van der Waals surface area contributed by atoms with Crippen LogP contribution in [0.25, 0.3) is 0 Å². The molecule has 4 unspecified atom stereocenters. The van der Waals surface area contributed by atoms with Crippen LogP contribution in [-0.2, 0) is 4.74 Å². The predicted molar refractivity (Wildman–Crippen MR) is 93.2 cm³/mol. The third kappa shape index (κ3) is 4.06. The fourth-order valence-electron chi connectivity index (χ4n) is 3.70. The number of hydrogen-bond acceptors (Lipinski definition) is 4. The Kier molecular flexibility index (Phi) is 5.57. The first kappa shape index (κ1) is 16.7. The van der Waals surface area contributed by atoms with E-state index in [9.17, 15) is 0 Å². The van der Waals surface area contributed by atoms with Crippen molar-refractivity contribution in [2.45, 2.75) is 50.8 Å². The summed E-state index contributed by atoms with van der Waals surface area (Å²) in [4.78, 5) is 2.60. The monoisotopic (exact) mass is 318 g/mol. The smallest absolute Gasteiger partial charge is 0.118 e. The first-order valence-corrected chi connectivity index (χ1v) is 8.90. The molecule has 0 saturated carbocycles. The van der Waals surface area contributed by atoms with Crippen LogP contribution >= 0.6 is 0 Å². The molecule has 1 N–H and O–H groups in total. The average Bonchev–Trinajstić information content (AvgIpc) is 3.06. The molecular formula is C19H30N2O2. The molecule has 2 aliphatic heterocycles. The summed E-state index contributed by atoms with van der Waals surface area (Å²) in [6, 6.07) is 9.50.